The van der Waals surface area contributed by atoms with Crippen LogP contribution in [0.5, 0.6) is 0 Å². The number of anilines is 1. The summed E-state index contributed by atoms with van der Waals surface area (Å²) in [5, 5.41) is 10.0. The van der Waals surface area contributed by atoms with Gasteiger partial charge in [0.2, 0.25) is 20.0 Å². The number of thiocarbonyl (C=S) groups is 1. The van der Waals surface area contributed by atoms with Gasteiger partial charge in [0.05, 0.1) is 17.2 Å². The van der Waals surface area contributed by atoms with Crippen molar-refractivity contribution >= 4 is 42.8 Å². The molecule has 1 aromatic carbocycles. The molecule has 14 heteroatoms. The van der Waals surface area contributed by atoms with Crippen molar-refractivity contribution in [3.05, 3.63) is 53.0 Å². The third kappa shape index (κ3) is 6.57. The average molecular weight is 608 g/mol. The van der Waals surface area contributed by atoms with E-state index in [1.807, 2.05) is 4.90 Å². The molecule has 0 spiro atoms. The van der Waals surface area contributed by atoms with Crippen molar-refractivity contribution in [2.45, 2.75) is 44.0 Å². The number of hydrogen-bond acceptors (Lipinski definition) is 7. The summed E-state index contributed by atoms with van der Waals surface area (Å²) >= 11 is 5.29. The Kier molecular flexibility index (Phi) is 8.39. The predicted molar refractivity (Wildman–Crippen MR) is 147 cm³/mol. The van der Waals surface area contributed by atoms with Crippen LogP contribution in [0.3, 0.4) is 0 Å². The molecule has 2 aliphatic carbocycles. The van der Waals surface area contributed by atoms with Crippen LogP contribution in [0.4, 0.5) is 18.9 Å². The molecule has 4 rings (SSSR count). The largest absolute Gasteiger partial charge is 0.421 e. The van der Waals surface area contributed by atoms with Gasteiger partial charge in [-0.3, -0.25) is 0 Å². The van der Waals surface area contributed by atoms with Crippen LogP contribution in [0, 0.1) is 5.92 Å². The molecule has 39 heavy (non-hydrogen) atoms. The van der Waals surface area contributed by atoms with Gasteiger partial charge in [-0.2, -0.15) is 21.8 Å². The fourth-order valence-corrected chi connectivity index (χ4v) is 7.74. The van der Waals surface area contributed by atoms with E-state index in [0.717, 1.165) is 19.1 Å². The van der Waals surface area contributed by atoms with Crippen LogP contribution >= 0.6 is 12.2 Å². The Bertz CT molecular complexity index is 1370. The molecule has 1 heterocycles. The summed E-state index contributed by atoms with van der Waals surface area (Å²) < 4.78 is 94.9. The number of halogens is 3. The maximum absolute atomic E-state index is 13.5. The average Bonchev–Trinajstić information content (AvgIpc) is 3.67. The topological polar surface area (TPSA) is 98.2 Å². The normalized spacial score (nSPS) is 23.2. The minimum atomic E-state index is -4.88. The standard InChI is InChI=1S/C25H32F3N3O5S3/c1-24(32,25(26,27)28)19-9-11-20(12-10-19)31-14-13-29(39(35,36)23-6-4-3-5-22(23)37)16-21(31)17-30(38(2,33)34)15-18-7-8-18/h3-4,6,9-12,18,21,32H,5,7-8,13-17H2,1-2H3/t21-,24-/m1/s1. The summed E-state index contributed by atoms with van der Waals surface area (Å²) in [6, 6.07) is 4.60. The molecule has 1 saturated carbocycles. The lowest BCUT2D eigenvalue weighted by Gasteiger charge is -2.44. The van der Waals surface area contributed by atoms with Gasteiger partial charge in [0.15, 0.2) is 5.60 Å². The molecule has 0 amide bonds. The molecule has 2 fully saturated rings. The first-order valence-corrected chi connectivity index (χ1v) is 16.2. The number of rotatable bonds is 9. The molecule has 216 valence electrons. The number of nitrogens with zero attached hydrogens (tertiary/aromatic N) is 3. The lowest BCUT2D eigenvalue weighted by Crippen LogP contribution is -2.59. The van der Waals surface area contributed by atoms with Crippen molar-refractivity contribution in [1.82, 2.24) is 8.61 Å². The van der Waals surface area contributed by atoms with Crippen LogP contribution in [0.15, 0.2) is 47.4 Å². The predicted octanol–water partition coefficient (Wildman–Crippen LogP) is 3.16. The van der Waals surface area contributed by atoms with Crippen LogP contribution in [0.1, 0.15) is 31.7 Å². The molecule has 0 aromatic heterocycles. The van der Waals surface area contributed by atoms with E-state index in [9.17, 15) is 35.1 Å². The number of sulfonamides is 2. The van der Waals surface area contributed by atoms with Crippen molar-refractivity contribution in [2.75, 3.05) is 43.9 Å². The van der Waals surface area contributed by atoms with Gasteiger partial charge in [0.1, 0.15) is 0 Å². The van der Waals surface area contributed by atoms with Gasteiger partial charge in [-0.15, -0.1) is 0 Å². The van der Waals surface area contributed by atoms with E-state index in [4.69, 9.17) is 12.2 Å². The number of alkyl halides is 3. The molecule has 0 unspecified atom stereocenters. The van der Waals surface area contributed by atoms with E-state index < -0.39 is 37.9 Å². The first kappa shape index (κ1) is 30.1. The van der Waals surface area contributed by atoms with Crippen molar-refractivity contribution in [3.8, 4) is 0 Å². The molecule has 1 saturated heterocycles. The number of allylic oxidation sites excluding steroid dienone is 4. The Balaban J connectivity index is 1.65. The second-order valence-electron chi connectivity index (χ2n) is 10.4. The summed E-state index contributed by atoms with van der Waals surface area (Å²) in [7, 11) is -7.56. The van der Waals surface area contributed by atoms with E-state index in [1.165, 1.54) is 39.0 Å². The molecule has 0 bridgehead atoms. The van der Waals surface area contributed by atoms with Crippen LogP contribution in [0.2, 0.25) is 0 Å². The van der Waals surface area contributed by atoms with E-state index in [-0.39, 0.29) is 42.6 Å². The summed E-state index contributed by atoms with van der Waals surface area (Å²) in [4.78, 5) is 2.16. The minimum Gasteiger partial charge on any atom is -0.376 e. The van der Waals surface area contributed by atoms with Gasteiger partial charge in [-0.25, -0.2) is 16.8 Å². The first-order valence-electron chi connectivity index (χ1n) is 12.5. The fraction of sp³-hybridized carbons (Fsp3) is 0.560. The number of aliphatic hydroxyl groups is 1. The van der Waals surface area contributed by atoms with E-state index in [2.05, 4.69) is 0 Å². The highest BCUT2D eigenvalue weighted by Gasteiger charge is 2.51. The highest BCUT2D eigenvalue weighted by Crippen LogP contribution is 2.39. The van der Waals surface area contributed by atoms with Gasteiger partial charge in [-0.05, 0) is 49.5 Å². The number of benzene rings is 1. The summed E-state index contributed by atoms with van der Waals surface area (Å²) in [5.41, 5.74) is -2.89. The molecule has 1 aliphatic heterocycles. The third-order valence-corrected chi connectivity index (χ3v) is 11.1. The highest BCUT2D eigenvalue weighted by atomic mass is 32.2. The zero-order valence-electron chi connectivity index (χ0n) is 21.6. The maximum Gasteiger partial charge on any atom is 0.421 e. The zero-order chi connectivity index (χ0) is 28.8. The third-order valence-electron chi connectivity index (χ3n) is 7.38. The highest BCUT2D eigenvalue weighted by molar-refractivity contribution is 7.96. The SMILES string of the molecule is C[C@@](O)(c1ccc(N2CCN(S(=O)(=O)C3=CC=CCC3=S)C[C@@H]2CN(CC2CC2)S(C)(=O)=O)cc1)C(F)(F)F. The zero-order valence-corrected chi connectivity index (χ0v) is 24.1. The summed E-state index contributed by atoms with van der Waals surface area (Å²) in [5.74, 6) is 0.247. The van der Waals surface area contributed by atoms with Gasteiger partial charge in [-0.1, -0.05) is 36.5 Å². The lowest BCUT2D eigenvalue weighted by atomic mass is 9.95. The molecule has 3 aliphatic rings. The second kappa shape index (κ2) is 10.9. The summed E-state index contributed by atoms with van der Waals surface area (Å²) in [6.45, 7) is 1.22. The molecular weight excluding hydrogens is 575 g/mol. The van der Waals surface area contributed by atoms with Gasteiger partial charge in [0.25, 0.3) is 0 Å². The van der Waals surface area contributed by atoms with E-state index in [0.29, 0.717) is 30.4 Å². The Morgan fingerprint density at radius 3 is 2.26 bits per heavy atom. The minimum absolute atomic E-state index is 0.00671. The lowest BCUT2D eigenvalue weighted by molar-refractivity contribution is -0.258. The van der Waals surface area contributed by atoms with E-state index in [1.54, 1.807) is 12.2 Å². The smallest absolute Gasteiger partial charge is 0.376 e. The van der Waals surface area contributed by atoms with Crippen LogP contribution in [-0.4, -0.2) is 86.6 Å². The molecule has 1 N–H and O–H groups in total. The van der Waals surface area contributed by atoms with Crippen molar-refractivity contribution < 1.29 is 35.1 Å². The molecule has 0 radical (unpaired) electrons. The Morgan fingerprint density at radius 2 is 1.72 bits per heavy atom. The monoisotopic (exact) mass is 607 g/mol. The molecule has 8 nitrogen and oxygen atoms in total. The number of piperazine rings is 1. The molecular formula is C25H32F3N3O5S3. The van der Waals surface area contributed by atoms with Gasteiger partial charge < -0.3 is 10.0 Å². The molecule has 1 aromatic rings. The van der Waals surface area contributed by atoms with Crippen LogP contribution in [-0.2, 0) is 25.6 Å². The number of hydrogen-bond donors (Lipinski definition) is 1. The Hall–Kier alpha value is -1.84. The Morgan fingerprint density at radius 1 is 1.08 bits per heavy atom. The summed E-state index contributed by atoms with van der Waals surface area (Å²) in [6.07, 6.45) is 3.27. The van der Waals surface area contributed by atoms with Crippen LogP contribution < -0.4 is 4.90 Å². The maximum atomic E-state index is 13.5. The molecule has 2 atom stereocenters. The Labute approximate surface area is 232 Å². The van der Waals surface area contributed by atoms with Crippen LogP contribution in [0.25, 0.3) is 0 Å². The van der Waals surface area contributed by atoms with Gasteiger partial charge in [0, 0.05) is 49.7 Å². The van der Waals surface area contributed by atoms with Gasteiger partial charge >= 0.3 is 6.18 Å². The second-order valence-corrected chi connectivity index (χ2v) is 14.8. The fourth-order valence-electron chi connectivity index (χ4n) is 4.74. The van der Waals surface area contributed by atoms with E-state index >= 15 is 0 Å². The quantitative estimate of drug-likeness (QED) is 0.431. The van der Waals surface area contributed by atoms with Crippen molar-refractivity contribution in [1.29, 1.82) is 0 Å². The van der Waals surface area contributed by atoms with Crippen molar-refractivity contribution in [3.63, 3.8) is 0 Å². The first-order chi connectivity index (χ1) is 18.0. The van der Waals surface area contributed by atoms with Crippen molar-refractivity contribution in [2.24, 2.45) is 5.92 Å².